The first-order valence-electron chi connectivity index (χ1n) is 7.32. The van der Waals surface area contributed by atoms with Crippen LogP contribution in [0, 0.1) is 11.3 Å². The molecule has 2 atom stereocenters. The molecular formula is C16H23NS. The molecule has 2 unspecified atom stereocenters. The van der Waals surface area contributed by atoms with Crippen molar-refractivity contribution in [1.29, 1.82) is 0 Å². The summed E-state index contributed by atoms with van der Waals surface area (Å²) in [6.45, 7) is 2.20. The van der Waals surface area contributed by atoms with Crippen LogP contribution in [0.1, 0.15) is 45.4 Å². The van der Waals surface area contributed by atoms with Gasteiger partial charge in [0.05, 0.1) is 11.1 Å². The first-order valence-corrected chi connectivity index (χ1v) is 8.30. The summed E-state index contributed by atoms with van der Waals surface area (Å²) in [6.07, 6.45) is 17.4. The van der Waals surface area contributed by atoms with Gasteiger partial charge < -0.3 is 0 Å². The molecule has 98 valence electrons. The lowest BCUT2D eigenvalue weighted by Crippen LogP contribution is -2.12. The number of thioether (sulfide) groups is 1. The minimum atomic E-state index is 0.489. The smallest absolute Gasteiger partial charge is 0.0648 e. The second-order valence-corrected chi connectivity index (χ2v) is 7.18. The molecule has 0 heterocycles. The van der Waals surface area contributed by atoms with Crippen LogP contribution in [0.4, 0.5) is 0 Å². The van der Waals surface area contributed by atoms with Crippen LogP contribution in [0.25, 0.3) is 0 Å². The van der Waals surface area contributed by atoms with Gasteiger partial charge in [0.2, 0.25) is 0 Å². The summed E-state index contributed by atoms with van der Waals surface area (Å²) in [5.74, 6) is 2.04. The fourth-order valence-electron chi connectivity index (χ4n) is 3.20. The SMILES string of the molecule is CC(=NC1CCCCC1)SCC12C=CC=CC1C2. The van der Waals surface area contributed by atoms with Gasteiger partial charge in [-0.15, -0.1) is 11.8 Å². The highest BCUT2D eigenvalue weighted by Gasteiger charge is 2.50. The van der Waals surface area contributed by atoms with Gasteiger partial charge in [-0.3, -0.25) is 4.99 Å². The predicted molar refractivity (Wildman–Crippen MR) is 81.3 cm³/mol. The van der Waals surface area contributed by atoms with E-state index < -0.39 is 0 Å². The second kappa shape index (κ2) is 5.24. The van der Waals surface area contributed by atoms with Crippen molar-refractivity contribution >= 4 is 16.8 Å². The number of allylic oxidation sites excluding steroid dienone is 4. The third-order valence-electron chi connectivity index (χ3n) is 4.55. The van der Waals surface area contributed by atoms with Crippen molar-refractivity contribution in [2.24, 2.45) is 16.3 Å². The molecule has 0 spiro atoms. The van der Waals surface area contributed by atoms with Gasteiger partial charge in [0, 0.05) is 11.2 Å². The fourth-order valence-corrected chi connectivity index (χ4v) is 4.33. The zero-order valence-electron chi connectivity index (χ0n) is 11.3. The van der Waals surface area contributed by atoms with E-state index in [9.17, 15) is 0 Å². The zero-order chi connectivity index (χ0) is 12.4. The van der Waals surface area contributed by atoms with E-state index in [1.807, 2.05) is 11.8 Å². The Morgan fingerprint density at radius 2 is 2.11 bits per heavy atom. The Labute approximate surface area is 115 Å². The van der Waals surface area contributed by atoms with Gasteiger partial charge in [0.1, 0.15) is 0 Å². The van der Waals surface area contributed by atoms with Crippen molar-refractivity contribution in [3.8, 4) is 0 Å². The van der Waals surface area contributed by atoms with E-state index in [2.05, 4.69) is 31.2 Å². The summed E-state index contributed by atoms with van der Waals surface area (Å²) in [5.41, 5.74) is 0.489. The molecule has 0 aromatic rings. The lowest BCUT2D eigenvalue weighted by atomic mass is 9.96. The van der Waals surface area contributed by atoms with Gasteiger partial charge in [0.15, 0.2) is 0 Å². The molecule has 3 aliphatic rings. The standard InChI is InChI=1S/C16H23NS/c1-13(17-15-8-3-2-4-9-15)18-12-16-10-6-5-7-14(16)11-16/h5-7,10,14-15H,2-4,8-9,11-12H2,1H3. The van der Waals surface area contributed by atoms with E-state index in [-0.39, 0.29) is 0 Å². The Kier molecular flexibility index (Phi) is 3.65. The highest BCUT2D eigenvalue weighted by Crippen LogP contribution is 2.57. The van der Waals surface area contributed by atoms with Crippen LogP contribution in [0.2, 0.25) is 0 Å². The van der Waals surface area contributed by atoms with Crippen LogP contribution in [-0.4, -0.2) is 16.8 Å². The molecule has 2 heteroatoms. The molecule has 1 nitrogen and oxygen atoms in total. The molecule has 0 radical (unpaired) electrons. The van der Waals surface area contributed by atoms with E-state index in [1.165, 1.54) is 49.3 Å². The average molecular weight is 261 g/mol. The van der Waals surface area contributed by atoms with E-state index in [0.717, 1.165) is 5.92 Å². The van der Waals surface area contributed by atoms with Crippen molar-refractivity contribution in [2.45, 2.75) is 51.5 Å². The Hall–Kier alpha value is -0.500. The number of fused-ring (bicyclic) bond motifs is 1. The van der Waals surface area contributed by atoms with Crippen molar-refractivity contribution in [3.05, 3.63) is 24.3 Å². The van der Waals surface area contributed by atoms with Gasteiger partial charge in [0.25, 0.3) is 0 Å². The molecule has 3 aliphatic carbocycles. The van der Waals surface area contributed by atoms with Gasteiger partial charge in [-0.2, -0.15) is 0 Å². The third-order valence-corrected chi connectivity index (χ3v) is 5.75. The van der Waals surface area contributed by atoms with Crippen LogP contribution in [0.5, 0.6) is 0 Å². The largest absolute Gasteiger partial charge is 0.280 e. The van der Waals surface area contributed by atoms with Gasteiger partial charge in [-0.05, 0) is 32.1 Å². The maximum atomic E-state index is 4.91. The van der Waals surface area contributed by atoms with E-state index in [0.29, 0.717) is 11.5 Å². The topological polar surface area (TPSA) is 12.4 Å². The molecule has 0 saturated heterocycles. The minimum Gasteiger partial charge on any atom is -0.280 e. The third kappa shape index (κ3) is 2.74. The monoisotopic (exact) mass is 261 g/mol. The first-order chi connectivity index (χ1) is 8.78. The fraction of sp³-hybridized carbons (Fsp3) is 0.688. The second-order valence-electron chi connectivity index (χ2n) is 6.02. The zero-order valence-corrected chi connectivity index (χ0v) is 12.1. The molecular weight excluding hydrogens is 238 g/mol. The Bertz CT molecular complexity index is 390. The molecule has 0 bridgehead atoms. The minimum absolute atomic E-state index is 0.489. The molecule has 0 amide bonds. The van der Waals surface area contributed by atoms with Gasteiger partial charge >= 0.3 is 0 Å². The summed E-state index contributed by atoms with van der Waals surface area (Å²) in [7, 11) is 0. The van der Waals surface area contributed by atoms with Gasteiger partial charge in [-0.25, -0.2) is 0 Å². The predicted octanol–water partition coefficient (Wildman–Crippen LogP) is 4.60. The Morgan fingerprint density at radius 1 is 1.28 bits per heavy atom. The molecule has 2 fully saturated rings. The number of rotatable bonds is 3. The van der Waals surface area contributed by atoms with E-state index >= 15 is 0 Å². The van der Waals surface area contributed by atoms with Crippen molar-refractivity contribution in [1.82, 2.24) is 0 Å². The first kappa shape index (κ1) is 12.5. The lowest BCUT2D eigenvalue weighted by Gasteiger charge is -2.19. The van der Waals surface area contributed by atoms with Crippen molar-refractivity contribution in [3.63, 3.8) is 0 Å². The summed E-state index contributed by atoms with van der Waals surface area (Å²) >= 11 is 1.98. The van der Waals surface area contributed by atoms with E-state index in [4.69, 9.17) is 4.99 Å². The molecule has 0 aromatic heterocycles. The number of aliphatic imine (C=N–C) groups is 1. The quantitative estimate of drug-likeness (QED) is 0.534. The summed E-state index contributed by atoms with van der Waals surface area (Å²) in [5, 5.41) is 1.31. The van der Waals surface area contributed by atoms with Crippen LogP contribution < -0.4 is 0 Å². The maximum absolute atomic E-state index is 4.91. The van der Waals surface area contributed by atoms with E-state index in [1.54, 1.807) is 0 Å². The Balaban J connectivity index is 1.49. The molecule has 18 heavy (non-hydrogen) atoms. The summed E-state index contributed by atoms with van der Waals surface area (Å²) in [4.78, 5) is 4.91. The normalized spacial score (nSPS) is 35.6. The van der Waals surface area contributed by atoms with Crippen molar-refractivity contribution < 1.29 is 0 Å². The Morgan fingerprint density at radius 3 is 2.89 bits per heavy atom. The molecule has 3 rings (SSSR count). The van der Waals surface area contributed by atoms with Crippen LogP contribution in [-0.2, 0) is 0 Å². The molecule has 0 aliphatic heterocycles. The molecule has 0 N–H and O–H groups in total. The summed E-state index contributed by atoms with van der Waals surface area (Å²) in [6, 6.07) is 0.626. The van der Waals surface area contributed by atoms with Crippen LogP contribution in [0.3, 0.4) is 0 Å². The van der Waals surface area contributed by atoms with Crippen LogP contribution >= 0.6 is 11.8 Å². The summed E-state index contributed by atoms with van der Waals surface area (Å²) < 4.78 is 0. The number of hydrogen-bond acceptors (Lipinski definition) is 2. The van der Waals surface area contributed by atoms with Gasteiger partial charge in [-0.1, -0.05) is 43.6 Å². The van der Waals surface area contributed by atoms with Crippen molar-refractivity contribution in [2.75, 3.05) is 5.75 Å². The average Bonchev–Trinajstić information content (AvgIpc) is 3.12. The lowest BCUT2D eigenvalue weighted by molar-refractivity contribution is 0.444. The molecule has 2 saturated carbocycles. The molecule has 0 aromatic carbocycles. The highest BCUT2D eigenvalue weighted by atomic mass is 32.2. The highest BCUT2D eigenvalue weighted by molar-refractivity contribution is 8.13. The number of hydrogen-bond donors (Lipinski definition) is 0. The maximum Gasteiger partial charge on any atom is 0.0648 e. The van der Waals surface area contributed by atoms with Crippen LogP contribution in [0.15, 0.2) is 29.3 Å². The number of nitrogens with zero attached hydrogens (tertiary/aromatic N) is 1.